The summed E-state index contributed by atoms with van der Waals surface area (Å²) in [6, 6.07) is 5.69. The van der Waals surface area contributed by atoms with Crippen LogP contribution in [0, 0.1) is 6.92 Å². The van der Waals surface area contributed by atoms with E-state index in [0.717, 1.165) is 6.07 Å². The van der Waals surface area contributed by atoms with Crippen molar-refractivity contribution in [3.8, 4) is 0 Å². The highest BCUT2D eigenvalue weighted by Gasteiger charge is 2.53. The fourth-order valence-corrected chi connectivity index (χ4v) is 4.34. The molecule has 1 aliphatic carbocycles. The number of carboxylic acids is 1. The van der Waals surface area contributed by atoms with Crippen LogP contribution in [0.15, 0.2) is 33.8 Å². The van der Waals surface area contributed by atoms with E-state index >= 15 is 0 Å². The van der Waals surface area contributed by atoms with Crippen molar-refractivity contribution in [1.29, 1.82) is 0 Å². The molecule has 1 heterocycles. The van der Waals surface area contributed by atoms with Gasteiger partial charge in [0.05, 0.1) is 5.41 Å². The van der Waals surface area contributed by atoms with Gasteiger partial charge in [-0.3, -0.25) is 4.79 Å². The molecule has 1 amide bonds. The number of nitrogens with one attached hydrogen (secondary N) is 1. The molecule has 0 saturated heterocycles. The van der Waals surface area contributed by atoms with Gasteiger partial charge in [0.1, 0.15) is 0 Å². The standard InChI is InChI=1S/C16H13Cl2NO6S/c1-8-6-12(25-13(8)14(20)21)26(23,24)19-15(22)16(4-5-16)10-3-2-9(17)7-11(10)18/h2-3,6-7H,4-5H2,1H3,(H,19,22)(H,20,21). The molecule has 1 aromatic heterocycles. The predicted molar refractivity (Wildman–Crippen MR) is 93.1 cm³/mol. The first-order chi connectivity index (χ1) is 12.1. The Hall–Kier alpha value is -2.03. The van der Waals surface area contributed by atoms with E-state index in [0.29, 0.717) is 23.4 Å². The maximum Gasteiger partial charge on any atom is 0.372 e. The molecule has 26 heavy (non-hydrogen) atoms. The number of aromatic carboxylic acids is 1. The van der Waals surface area contributed by atoms with Gasteiger partial charge in [0.15, 0.2) is 0 Å². The van der Waals surface area contributed by atoms with Gasteiger partial charge < -0.3 is 9.52 Å². The molecule has 2 N–H and O–H groups in total. The summed E-state index contributed by atoms with van der Waals surface area (Å²) in [5.41, 5.74) is -0.447. The normalized spacial score (nSPS) is 15.5. The number of hydrogen-bond donors (Lipinski definition) is 2. The Morgan fingerprint density at radius 3 is 2.38 bits per heavy atom. The molecule has 138 valence electrons. The highest BCUT2D eigenvalue weighted by atomic mass is 35.5. The molecule has 3 rings (SSSR count). The van der Waals surface area contributed by atoms with E-state index in [2.05, 4.69) is 0 Å². The van der Waals surface area contributed by atoms with Crippen LogP contribution in [0.1, 0.15) is 34.5 Å². The molecule has 0 unspecified atom stereocenters. The van der Waals surface area contributed by atoms with Crippen molar-refractivity contribution >= 4 is 45.1 Å². The summed E-state index contributed by atoms with van der Waals surface area (Å²) < 4.78 is 31.6. The number of rotatable bonds is 5. The second-order valence-corrected chi connectivity index (χ2v) is 8.48. The van der Waals surface area contributed by atoms with Gasteiger partial charge in [-0.25, -0.2) is 9.52 Å². The first-order valence-corrected chi connectivity index (χ1v) is 9.67. The molecular formula is C16H13Cl2NO6S. The van der Waals surface area contributed by atoms with Crippen molar-refractivity contribution in [1.82, 2.24) is 4.72 Å². The summed E-state index contributed by atoms with van der Waals surface area (Å²) in [5, 5.41) is 8.99. The van der Waals surface area contributed by atoms with Crippen LogP contribution < -0.4 is 4.72 Å². The molecule has 1 saturated carbocycles. The van der Waals surface area contributed by atoms with Crippen molar-refractivity contribution in [2.45, 2.75) is 30.3 Å². The SMILES string of the molecule is Cc1cc(S(=O)(=O)NC(=O)C2(c3ccc(Cl)cc3Cl)CC2)oc1C(=O)O. The molecule has 0 spiro atoms. The molecule has 0 bridgehead atoms. The topological polar surface area (TPSA) is 114 Å². The number of furan rings is 1. The molecule has 0 aliphatic heterocycles. The van der Waals surface area contributed by atoms with E-state index in [1.807, 2.05) is 4.72 Å². The number of carboxylic acid groups (broad SMARTS) is 1. The molecule has 1 fully saturated rings. The van der Waals surface area contributed by atoms with Crippen LogP contribution in [-0.4, -0.2) is 25.4 Å². The monoisotopic (exact) mass is 417 g/mol. The predicted octanol–water partition coefficient (Wildman–Crippen LogP) is 3.13. The zero-order valence-corrected chi connectivity index (χ0v) is 15.7. The van der Waals surface area contributed by atoms with Crippen LogP contribution in [0.25, 0.3) is 0 Å². The number of amides is 1. The lowest BCUT2D eigenvalue weighted by atomic mass is 9.95. The minimum Gasteiger partial charge on any atom is -0.475 e. The van der Waals surface area contributed by atoms with Crippen LogP contribution in [0.3, 0.4) is 0 Å². The summed E-state index contributed by atoms with van der Waals surface area (Å²) in [5.74, 6) is -2.66. The first-order valence-electron chi connectivity index (χ1n) is 7.43. The highest BCUT2D eigenvalue weighted by molar-refractivity contribution is 7.89. The average Bonchev–Trinajstić information content (AvgIpc) is 3.22. The van der Waals surface area contributed by atoms with Gasteiger partial charge in [0, 0.05) is 21.7 Å². The zero-order valence-electron chi connectivity index (χ0n) is 13.4. The minimum atomic E-state index is -4.37. The number of hydrogen-bond acceptors (Lipinski definition) is 5. The summed E-state index contributed by atoms with van der Waals surface area (Å²) >= 11 is 12.0. The Bertz CT molecular complexity index is 1020. The second-order valence-electron chi connectivity index (χ2n) is 6.02. The summed E-state index contributed by atoms with van der Waals surface area (Å²) in [6.45, 7) is 1.39. The summed E-state index contributed by atoms with van der Waals surface area (Å²) in [4.78, 5) is 23.6. The van der Waals surface area contributed by atoms with Crippen molar-refractivity contribution in [3.05, 3.63) is 51.2 Å². The van der Waals surface area contributed by atoms with Gasteiger partial charge in [-0.15, -0.1) is 0 Å². The van der Waals surface area contributed by atoms with Crippen molar-refractivity contribution in [2.24, 2.45) is 0 Å². The van der Waals surface area contributed by atoms with Gasteiger partial charge in [-0.2, -0.15) is 8.42 Å². The zero-order chi connectivity index (χ0) is 19.3. The average molecular weight is 418 g/mol. The van der Waals surface area contributed by atoms with Gasteiger partial charge in [0.25, 0.3) is 10.0 Å². The number of aryl methyl sites for hydroxylation is 1. The lowest BCUT2D eigenvalue weighted by Crippen LogP contribution is -2.38. The number of sulfonamides is 1. The van der Waals surface area contributed by atoms with E-state index in [1.54, 1.807) is 12.1 Å². The third-order valence-electron chi connectivity index (χ3n) is 4.21. The molecule has 1 aromatic carbocycles. The number of carbonyl (C=O) groups excluding carboxylic acids is 1. The third kappa shape index (κ3) is 3.20. The first kappa shape index (κ1) is 18.8. The number of halogens is 2. The fraction of sp³-hybridized carbons (Fsp3) is 0.250. The van der Waals surface area contributed by atoms with Gasteiger partial charge in [0.2, 0.25) is 16.8 Å². The summed E-state index contributed by atoms with van der Waals surface area (Å²) in [6.07, 6.45) is 0.848. The largest absolute Gasteiger partial charge is 0.475 e. The molecule has 1 aliphatic rings. The van der Waals surface area contributed by atoms with Crippen LogP contribution in [0.2, 0.25) is 10.0 Å². The van der Waals surface area contributed by atoms with E-state index in [-0.39, 0.29) is 10.6 Å². The Labute approximate surface area is 159 Å². The Morgan fingerprint density at radius 2 is 1.88 bits per heavy atom. The maximum absolute atomic E-state index is 12.6. The molecule has 2 aromatic rings. The second kappa shape index (κ2) is 6.29. The maximum atomic E-state index is 12.6. The van der Waals surface area contributed by atoms with E-state index < -0.39 is 38.2 Å². The summed E-state index contributed by atoms with van der Waals surface area (Å²) in [7, 11) is -4.37. The molecular weight excluding hydrogens is 405 g/mol. The number of benzene rings is 1. The Kier molecular flexibility index (Phi) is 4.54. The molecule has 10 heteroatoms. The van der Waals surface area contributed by atoms with Crippen LogP contribution >= 0.6 is 23.2 Å². The van der Waals surface area contributed by atoms with Gasteiger partial charge in [-0.05, 0) is 37.5 Å². The van der Waals surface area contributed by atoms with Crippen molar-refractivity contribution < 1.29 is 27.5 Å². The van der Waals surface area contributed by atoms with Crippen LogP contribution in [0.4, 0.5) is 0 Å². The van der Waals surface area contributed by atoms with Gasteiger partial charge >= 0.3 is 5.97 Å². The molecule has 0 atom stereocenters. The quantitative estimate of drug-likeness (QED) is 0.771. The van der Waals surface area contributed by atoms with E-state index in [4.69, 9.17) is 32.7 Å². The molecule has 7 nitrogen and oxygen atoms in total. The lowest BCUT2D eigenvalue weighted by Gasteiger charge is -2.16. The lowest BCUT2D eigenvalue weighted by molar-refractivity contribution is -0.121. The van der Waals surface area contributed by atoms with Crippen LogP contribution in [-0.2, 0) is 20.2 Å². The van der Waals surface area contributed by atoms with Crippen LogP contribution in [0.5, 0.6) is 0 Å². The highest BCUT2D eigenvalue weighted by Crippen LogP contribution is 2.51. The molecule has 0 radical (unpaired) electrons. The Morgan fingerprint density at radius 1 is 1.23 bits per heavy atom. The third-order valence-corrected chi connectivity index (χ3v) is 5.95. The number of carbonyl (C=O) groups is 2. The van der Waals surface area contributed by atoms with E-state index in [1.165, 1.54) is 13.0 Å². The minimum absolute atomic E-state index is 0.132. The fourth-order valence-electron chi connectivity index (χ4n) is 2.69. The Balaban J connectivity index is 1.89. The van der Waals surface area contributed by atoms with E-state index in [9.17, 15) is 18.0 Å². The smallest absolute Gasteiger partial charge is 0.372 e. The van der Waals surface area contributed by atoms with Crippen molar-refractivity contribution in [2.75, 3.05) is 0 Å². The van der Waals surface area contributed by atoms with Crippen molar-refractivity contribution in [3.63, 3.8) is 0 Å². The van der Waals surface area contributed by atoms with Gasteiger partial charge in [-0.1, -0.05) is 29.3 Å².